The highest BCUT2D eigenvalue weighted by atomic mass is 16.5. The molecule has 20 heavy (non-hydrogen) atoms. The molecular weight excluding hydrogens is 252 g/mol. The third-order valence-corrected chi connectivity index (χ3v) is 3.68. The SMILES string of the molecule is CC1(C)CN(C(=O)CC[C@@H](N)c2ccccc2)CCO1. The van der Waals surface area contributed by atoms with Crippen molar-refractivity contribution in [2.24, 2.45) is 5.73 Å². The summed E-state index contributed by atoms with van der Waals surface area (Å²) in [5, 5.41) is 0. The second-order valence-electron chi connectivity index (χ2n) is 5.98. The van der Waals surface area contributed by atoms with Gasteiger partial charge in [0.05, 0.1) is 12.2 Å². The summed E-state index contributed by atoms with van der Waals surface area (Å²) in [6.07, 6.45) is 1.17. The Hall–Kier alpha value is -1.39. The van der Waals surface area contributed by atoms with E-state index >= 15 is 0 Å². The number of benzene rings is 1. The molecule has 0 radical (unpaired) electrons. The molecule has 0 saturated carbocycles. The van der Waals surface area contributed by atoms with Gasteiger partial charge in [0.1, 0.15) is 0 Å². The summed E-state index contributed by atoms with van der Waals surface area (Å²) in [5.41, 5.74) is 6.98. The number of amides is 1. The molecule has 1 atom stereocenters. The molecule has 1 aromatic carbocycles. The van der Waals surface area contributed by atoms with Crippen molar-refractivity contribution in [1.82, 2.24) is 4.90 Å². The van der Waals surface area contributed by atoms with Crippen LogP contribution in [0, 0.1) is 0 Å². The van der Waals surface area contributed by atoms with Crippen molar-refractivity contribution in [3.63, 3.8) is 0 Å². The predicted molar refractivity (Wildman–Crippen MR) is 79.2 cm³/mol. The second-order valence-corrected chi connectivity index (χ2v) is 5.98. The minimum absolute atomic E-state index is 0.0748. The lowest BCUT2D eigenvalue weighted by Crippen LogP contribution is -2.50. The minimum atomic E-state index is -0.241. The topological polar surface area (TPSA) is 55.6 Å². The van der Waals surface area contributed by atoms with Crippen molar-refractivity contribution in [3.8, 4) is 0 Å². The Kier molecular flexibility index (Phi) is 4.78. The summed E-state index contributed by atoms with van der Waals surface area (Å²) in [5.74, 6) is 0.174. The third-order valence-electron chi connectivity index (χ3n) is 3.68. The molecule has 2 rings (SSSR count). The number of hydrogen-bond donors (Lipinski definition) is 1. The van der Waals surface area contributed by atoms with E-state index < -0.39 is 0 Å². The van der Waals surface area contributed by atoms with Gasteiger partial charge < -0.3 is 15.4 Å². The summed E-state index contributed by atoms with van der Waals surface area (Å²) in [7, 11) is 0. The molecule has 4 nitrogen and oxygen atoms in total. The lowest BCUT2D eigenvalue weighted by Gasteiger charge is -2.38. The summed E-state index contributed by atoms with van der Waals surface area (Å²) in [4.78, 5) is 14.1. The molecule has 1 amide bonds. The molecule has 0 aliphatic carbocycles. The van der Waals surface area contributed by atoms with Crippen LogP contribution >= 0.6 is 0 Å². The first-order valence-corrected chi connectivity index (χ1v) is 7.20. The van der Waals surface area contributed by atoms with Gasteiger partial charge in [-0.3, -0.25) is 4.79 Å². The number of nitrogens with zero attached hydrogens (tertiary/aromatic N) is 1. The van der Waals surface area contributed by atoms with Crippen LogP contribution < -0.4 is 5.73 Å². The average molecular weight is 276 g/mol. The van der Waals surface area contributed by atoms with Crippen LogP contribution in [0.5, 0.6) is 0 Å². The summed E-state index contributed by atoms with van der Waals surface area (Å²) < 4.78 is 5.62. The zero-order valence-corrected chi connectivity index (χ0v) is 12.3. The van der Waals surface area contributed by atoms with Crippen LogP contribution in [0.1, 0.15) is 38.3 Å². The Bertz CT molecular complexity index is 445. The highest BCUT2D eigenvalue weighted by Gasteiger charge is 2.29. The van der Waals surface area contributed by atoms with Crippen molar-refractivity contribution in [3.05, 3.63) is 35.9 Å². The van der Waals surface area contributed by atoms with Gasteiger partial charge in [0.15, 0.2) is 0 Å². The number of rotatable bonds is 4. The Balaban J connectivity index is 1.83. The number of morpholine rings is 1. The van der Waals surface area contributed by atoms with E-state index in [1.165, 1.54) is 0 Å². The molecule has 2 N–H and O–H groups in total. The fourth-order valence-corrected chi connectivity index (χ4v) is 2.53. The Morgan fingerprint density at radius 2 is 2.10 bits per heavy atom. The first-order chi connectivity index (χ1) is 9.48. The Morgan fingerprint density at radius 1 is 1.40 bits per heavy atom. The zero-order chi connectivity index (χ0) is 14.6. The van der Waals surface area contributed by atoms with Gasteiger partial charge in [0, 0.05) is 25.6 Å². The third kappa shape index (κ3) is 4.05. The molecule has 1 fully saturated rings. The number of carbonyl (C=O) groups excluding carboxylic acids is 1. The molecule has 1 aliphatic heterocycles. The predicted octanol–water partition coefficient (Wildman–Crippen LogP) is 2.10. The Labute approximate surface area is 120 Å². The fraction of sp³-hybridized carbons (Fsp3) is 0.562. The van der Waals surface area contributed by atoms with Gasteiger partial charge in [0.25, 0.3) is 0 Å². The van der Waals surface area contributed by atoms with E-state index in [0.717, 1.165) is 5.56 Å². The van der Waals surface area contributed by atoms with Crippen LogP contribution in [-0.2, 0) is 9.53 Å². The van der Waals surface area contributed by atoms with Gasteiger partial charge in [-0.2, -0.15) is 0 Å². The maximum absolute atomic E-state index is 12.2. The van der Waals surface area contributed by atoms with Crippen LogP contribution in [0.4, 0.5) is 0 Å². The van der Waals surface area contributed by atoms with E-state index in [1.807, 2.05) is 49.1 Å². The van der Waals surface area contributed by atoms with Crippen molar-refractivity contribution in [2.75, 3.05) is 19.7 Å². The van der Waals surface area contributed by atoms with E-state index in [2.05, 4.69) is 0 Å². The van der Waals surface area contributed by atoms with Crippen molar-refractivity contribution in [2.45, 2.75) is 38.3 Å². The molecule has 1 saturated heterocycles. The monoisotopic (exact) mass is 276 g/mol. The maximum atomic E-state index is 12.2. The highest BCUT2D eigenvalue weighted by molar-refractivity contribution is 5.76. The zero-order valence-electron chi connectivity index (χ0n) is 12.3. The standard InChI is InChI=1S/C16H24N2O2/c1-16(2)12-18(10-11-20-16)15(19)9-8-14(17)13-6-4-3-5-7-13/h3-7,14H,8-12,17H2,1-2H3/t14-/m1/s1. The smallest absolute Gasteiger partial charge is 0.222 e. The Morgan fingerprint density at radius 3 is 2.75 bits per heavy atom. The molecule has 0 spiro atoms. The molecule has 1 aromatic rings. The molecule has 1 heterocycles. The average Bonchev–Trinajstić information content (AvgIpc) is 2.44. The molecule has 4 heteroatoms. The normalized spacial score (nSPS) is 19.6. The minimum Gasteiger partial charge on any atom is -0.372 e. The highest BCUT2D eigenvalue weighted by Crippen LogP contribution is 2.19. The van der Waals surface area contributed by atoms with Gasteiger partial charge in [0.2, 0.25) is 5.91 Å². The molecule has 0 unspecified atom stereocenters. The largest absolute Gasteiger partial charge is 0.372 e. The molecule has 1 aliphatic rings. The molecule has 0 bridgehead atoms. The molecular formula is C16H24N2O2. The van der Waals surface area contributed by atoms with Gasteiger partial charge in [-0.25, -0.2) is 0 Å². The fourth-order valence-electron chi connectivity index (χ4n) is 2.53. The van der Waals surface area contributed by atoms with Crippen LogP contribution in [-0.4, -0.2) is 36.1 Å². The van der Waals surface area contributed by atoms with Gasteiger partial charge in [-0.15, -0.1) is 0 Å². The molecule has 0 aromatic heterocycles. The number of hydrogen-bond acceptors (Lipinski definition) is 3. The van der Waals surface area contributed by atoms with Gasteiger partial charge in [-0.05, 0) is 25.8 Å². The molecule has 110 valence electrons. The number of carbonyl (C=O) groups is 1. The van der Waals surface area contributed by atoms with Crippen molar-refractivity contribution in [1.29, 1.82) is 0 Å². The van der Waals surface area contributed by atoms with E-state index in [1.54, 1.807) is 0 Å². The van der Waals surface area contributed by atoms with Gasteiger partial charge >= 0.3 is 0 Å². The van der Waals surface area contributed by atoms with Crippen molar-refractivity contribution >= 4 is 5.91 Å². The van der Waals surface area contributed by atoms with E-state index in [-0.39, 0.29) is 17.6 Å². The maximum Gasteiger partial charge on any atom is 0.222 e. The van der Waals surface area contributed by atoms with Crippen molar-refractivity contribution < 1.29 is 9.53 Å². The lowest BCUT2D eigenvalue weighted by atomic mass is 10.0. The second kappa shape index (κ2) is 6.37. The quantitative estimate of drug-likeness (QED) is 0.916. The number of ether oxygens (including phenoxy) is 1. The summed E-state index contributed by atoms with van der Waals surface area (Å²) in [6.45, 7) is 5.99. The summed E-state index contributed by atoms with van der Waals surface area (Å²) in [6, 6.07) is 9.86. The van der Waals surface area contributed by atoms with E-state index in [9.17, 15) is 4.79 Å². The van der Waals surface area contributed by atoms with Crippen LogP contribution in [0.3, 0.4) is 0 Å². The van der Waals surface area contributed by atoms with E-state index in [4.69, 9.17) is 10.5 Å². The van der Waals surface area contributed by atoms with Crippen LogP contribution in [0.2, 0.25) is 0 Å². The van der Waals surface area contributed by atoms with Gasteiger partial charge in [-0.1, -0.05) is 30.3 Å². The number of nitrogens with two attached hydrogens (primary N) is 1. The first kappa shape index (κ1) is 15.0. The van der Waals surface area contributed by atoms with Crippen LogP contribution in [0.25, 0.3) is 0 Å². The summed E-state index contributed by atoms with van der Waals surface area (Å²) >= 11 is 0. The van der Waals surface area contributed by atoms with Crippen LogP contribution in [0.15, 0.2) is 30.3 Å². The lowest BCUT2D eigenvalue weighted by molar-refractivity contribution is -0.146. The van der Waals surface area contributed by atoms with E-state index in [0.29, 0.717) is 32.5 Å². The first-order valence-electron chi connectivity index (χ1n) is 7.20.